The highest BCUT2D eigenvalue weighted by atomic mass is 16.5. The molecule has 0 spiro atoms. The summed E-state index contributed by atoms with van der Waals surface area (Å²) in [7, 11) is 0. The molecule has 0 aliphatic rings. The van der Waals surface area contributed by atoms with E-state index in [2.05, 4.69) is 6.92 Å². The van der Waals surface area contributed by atoms with Gasteiger partial charge in [0.25, 0.3) is 0 Å². The lowest BCUT2D eigenvalue weighted by Crippen LogP contribution is -2.11. The Morgan fingerprint density at radius 3 is 2.65 bits per heavy atom. The molecule has 26 heavy (non-hydrogen) atoms. The number of benzene rings is 2. The van der Waals surface area contributed by atoms with Gasteiger partial charge in [0.05, 0.1) is 6.61 Å². The summed E-state index contributed by atoms with van der Waals surface area (Å²) in [4.78, 5) is 12.7. The van der Waals surface area contributed by atoms with E-state index in [-0.39, 0.29) is 11.7 Å². The van der Waals surface area contributed by atoms with Gasteiger partial charge in [-0.3, -0.25) is 4.79 Å². The normalized spacial score (nSPS) is 12.3. The maximum atomic E-state index is 12.7. The van der Waals surface area contributed by atoms with Crippen LogP contribution >= 0.6 is 0 Å². The van der Waals surface area contributed by atoms with E-state index >= 15 is 0 Å². The number of ether oxygens (including phenoxy) is 2. The smallest absolute Gasteiger partial charge is 0.165 e. The summed E-state index contributed by atoms with van der Waals surface area (Å²) in [5.41, 5.74) is 0.798. The van der Waals surface area contributed by atoms with Crippen molar-refractivity contribution < 1.29 is 14.3 Å². The first-order chi connectivity index (χ1) is 12.7. The van der Waals surface area contributed by atoms with Crippen molar-refractivity contribution in [2.45, 2.75) is 52.9 Å². The molecule has 142 valence electrons. The summed E-state index contributed by atoms with van der Waals surface area (Å²) in [6.45, 7) is 8.04. The Morgan fingerprint density at radius 2 is 1.88 bits per heavy atom. The van der Waals surface area contributed by atoms with E-state index in [9.17, 15) is 4.79 Å². The van der Waals surface area contributed by atoms with Gasteiger partial charge >= 0.3 is 0 Å². The Bertz CT molecular complexity index is 693. The van der Waals surface area contributed by atoms with Gasteiger partial charge in [-0.05, 0) is 36.9 Å². The third-order valence-corrected chi connectivity index (χ3v) is 4.75. The van der Waals surface area contributed by atoms with Gasteiger partial charge in [0.2, 0.25) is 0 Å². The lowest BCUT2D eigenvalue weighted by Gasteiger charge is -2.13. The zero-order valence-corrected chi connectivity index (χ0v) is 16.4. The highest BCUT2D eigenvalue weighted by Crippen LogP contribution is 2.27. The van der Waals surface area contributed by atoms with Gasteiger partial charge in [0.1, 0.15) is 12.4 Å². The second kappa shape index (κ2) is 11.0. The van der Waals surface area contributed by atoms with E-state index in [1.54, 1.807) is 0 Å². The van der Waals surface area contributed by atoms with Gasteiger partial charge in [0.15, 0.2) is 5.78 Å². The summed E-state index contributed by atoms with van der Waals surface area (Å²) in [6, 6.07) is 11.9. The van der Waals surface area contributed by atoms with Crippen molar-refractivity contribution in [1.29, 1.82) is 0 Å². The number of ketones is 1. The zero-order chi connectivity index (χ0) is 18.8. The molecular formula is C23H32O3. The fourth-order valence-corrected chi connectivity index (χ4v) is 3.18. The minimum Gasteiger partial charge on any atom is -0.491 e. The molecule has 1 atom stereocenters. The van der Waals surface area contributed by atoms with E-state index in [1.165, 1.54) is 19.3 Å². The van der Waals surface area contributed by atoms with E-state index in [4.69, 9.17) is 9.47 Å². The summed E-state index contributed by atoms with van der Waals surface area (Å²) >= 11 is 0. The number of fused-ring (bicyclic) bond motifs is 1. The quantitative estimate of drug-likeness (QED) is 0.343. The minimum atomic E-state index is 0.0786. The SMILES string of the molecule is CCCCCCC(C)C(=O)c1ccc2c(OCCOCC)cccc2c1. The average molecular weight is 357 g/mol. The van der Waals surface area contributed by atoms with Crippen LogP contribution in [0.25, 0.3) is 10.8 Å². The standard InChI is InChI=1S/C23H32O3/c1-4-6-7-8-10-18(3)23(24)20-13-14-21-19(17-20)11-9-12-22(21)26-16-15-25-5-2/h9,11-14,17-18H,4-8,10,15-16H2,1-3H3. The predicted molar refractivity (Wildman–Crippen MR) is 108 cm³/mol. The molecule has 0 N–H and O–H groups in total. The summed E-state index contributed by atoms with van der Waals surface area (Å²) in [5.74, 6) is 1.16. The molecule has 2 aromatic rings. The van der Waals surface area contributed by atoms with Crippen LogP contribution in [0.15, 0.2) is 36.4 Å². The molecule has 0 saturated carbocycles. The fourth-order valence-electron chi connectivity index (χ4n) is 3.18. The van der Waals surface area contributed by atoms with Gasteiger partial charge in [-0.1, -0.05) is 57.7 Å². The van der Waals surface area contributed by atoms with Gasteiger partial charge in [-0.15, -0.1) is 0 Å². The van der Waals surface area contributed by atoms with Gasteiger partial charge in [0, 0.05) is 23.5 Å². The van der Waals surface area contributed by atoms with Gasteiger partial charge in [-0.25, -0.2) is 0 Å². The molecule has 0 aliphatic carbocycles. The second-order valence-corrected chi connectivity index (χ2v) is 6.85. The maximum absolute atomic E-state index is 12.7. The van der Waals surface area contributed by atoms with Crippen LogP contribution in [-0.2, 0) is 4.74 Å². The lowest BCUT2D eigenvalue weighted by atomic mass is 9.92. The van der Waals surface area contributed by atoms with Crippen molar-refractivity contribution in [3.8, 4) is 5.75 Å². The molecule has 3 nitrogen and oxygen atoms in total. The van der Waals surface area contributed by atoms with Crippen molar-refractivity contribution in [2.75, 3.05) is 19.8 Å². The number of unbranched alkanes of at least 4 members (excludes halogenated alkanes) is 3. The van der Waals surface area contributed by atoms with Crippen LogP contribution in [0.4, 0.5) is 0 Å². The molecule has 0 saturated heterocycles. The molecule has 3 heteroatoms. The average Bonchev–Trinajstić information content (AvgIpc) is 2.67. The van der Waals surface area contributed by atoms with Crippen molar-refractivity contribution in [3.63, 3.8) is 0 Å². The van der Waals surface area contributed by atoms with Crippen LogP contribution in [-0.4, -0.2) is 25.6 Å². The number of hydrogen-bond acceptors (Lipinski definition) is 3. The van der Waals surface area contributed by atoms with Crippen molar-refractivity contribution in [1.82, 2.24) is 0 Å². The Balaban J connectivity index is 2.04. The summed E-state index contributed by atoms with van der Waals surface area (Å²) in [6.07, 6.45) is 5.79. The topological polar surface area (TPSA) is 35.5 Å². The largest absolute Gasteiger partial charge is 0.491 e. The Morgan fingerprint density at radius 1 is 1.04 bits per heavy atom. The molecule has 0 radical (unpaired) electrons. The first-order valence-electron chi connectivity index (χ1n) is 9.94. The number of carbonyl (C=O) groups excluding carboxylic acids is 1. The molecule has 0 bridgehead atoms. The van der Waals surface area contributed by atoms with Crippen LogP contribution in [0.5, 0.6) is 5.75 Å². The van der Waals surface area contributed by atoms with Crippen LogP contribution in [0.2, 0.25) is 0 Å². The van der Waals surface area contributed by atoms with Gasteiger partial charge in [-0.2, -0.15) is 0 Å². The highest BCUT2D eigenvalue weighted by molar-refractivity contribution is 6.02. The van der Waals surface area contributed by atoms with E-state index in [0.29, 0.717) is 19.8 Å². The summed E-state index contributed by atoms with van der Waals surface area (Å²) < 4.78 is 11.2. The molecule has 2 rings (SSSR count). The first kappa shape index (κ1) is 20.4. The van der Waals surface area contributed by atoms with E-state index < -0.39 is 0 Å². The van der Waals surface area contributed by atoms with Crippen molar-refractivity contribution >= 4 is 16.6 Å². The number of rotatable bonds is 12. The van der Waals surface area contributed by atoms with Crippen molar-refractivity contribution in [3.05, 3.63) is 42.0 Å². The molecule has 0 aromatic heterocycles. The van der Waals surface area contributed by atoms with Crippen LogP contribution < -0.4 is 4.74 Å². The van der Waals surface area contributed by atoms with Crippen molar-refractivity contribution in [2.24, 2.45) is 5.92 Å². The Kier molecular flexibility index (Phi) is 8.63. The maximum Gasteiger partial charge on any atom is 0.165 e. The van der Waals surface area contributed by atoms with Gasteiger partial charge < -0.3 is 9.47 Å². The number of hydrogen-bond donors (Lipinski definition) is 0. The number of Topliss-reactive ketones (excluding diaryl/α,β-unsaturated/α-hetero) is 1. The van der Waals surface area contributed by atoms with Crippen LogP contribution in [0.3, 0.4) is 0 Å². The summed E-state index contributed by atoms with van der Waals surface area (Å²) in [5, 5.41) is 2.08. The number of carbonyl (C=O) groups is 1. The Hall–Kier alpha value is -1.87. The van der Waals surface area contributed by atoms with Crippen LogP contribution in [0.1, 0.15) is 63.2 Å². The molecule has 0 aliphatic heterocycles. The second-order valence-electron chi connectivity index (χ2n) is 6.85. The third-order valence-electron chi connectivity index (χ3n) is 4.75. The van der Waals surface area contributed by atoms with Crippen LogP contribution in [0, 0.1) is 5.92 Å². The predicted octanol–water partition coefficient (Wildman–Crippen LogP) is 6.04. The van der Waals surface area contributed by atoms with E-state index in [1.807, 2.05) is 50.2 Å². The molecule has 1 unspecified atom stereocenters. The molecular weight excluding hydrogens is 324 g/mol. The van der Waals surface area contributed by atoms with E-state index in [0.717, 1.165) is 34.9 Å². The fraction of sp³-hybridized carbons (Fsp3) is 0.522. The molecule has 0 amide bonds. The zero-order valence-electron chi connectivity index (χ0n) is 16.4. The lowest BCUT2D eigenvalue weighted by molar-refractivity contribution is 0.0922. The molecule has 0 fully saturated rings. The minimum absolute atomic E-state index is 0.0786. The first-order valence-corrected chi connectivity index (χ1v) is 9.94. The Labute approximate surface area is 157 Å². The highest BCUT2D eigenvalue weighted by Gasteiger charge is 2.15. The third kappa shape index (κ3) is 5.84. The molecule has 0 heterocycles. The monoisotopic (exact) mass is 356 g/mol. The molecule has 2 aromatic carbocycles.